The summed E-state index contributed by atoms with van der Waals surface area (Å²) in [7, 11) is 0. The smallest absolute Gasteiger partial charge is 0.226 e. The van der Waals surface area contributed by atoms with Gasteiger partial charge in [-0.2, -0.15) is 9.97 Å². The number of hydrogen-bond donors (Lipinski definition) is 0. The van der Waals surface area contributed by atoms with Crippen molar-refractivity contribution in [1.29, 1.82) is 0 Å². The zero-order valence-corrected chi connectivity index (χ0v) is 19.8. The van der Waals surface area contributed by atoms with E-state index in [1.807, 2.05) is 60.7 Å². The molecule has 0 radical (unpaired) electrons. The van der Waals surface area contributed by atoms with Gasteiger partial charge in [0, 0.05) is 16.3 Å². The van der Waals surface area contributed by atoms with Crippen LogP contribution in [0.25, 0.3) is 66.6 Å². The van der Waals surface area contributed by atoms with Gasteiger partial charge in [0.05, 0.1) is 5.56 Å². The molecular weight excluding hydrogens is 466 g/mol. The molecule has 7 aromatic rings. The van der Waals surface area contributed by atoms with Gasteiger partial charge in [-0.25, -0.2) is 4.98 Å². The van der Waals surface area contributed by atoms with Crippen LogP contribution in [0.3, 0.4) is 0 Å². The van der Waals surface area contributed by atoms with Gasteiger partial charge in [-0.1, -0.05) is 97.1 Å². The summed E-state index contributed by atoms with van der Waals surface area (Å²) in [6.45, 7) is 0. The van der Waals surface area contributed by atoms with Gasteiger partial charge in [0.15, 0.2) is 11.6 Å². The number of benzene rings is 5. The number of nitrogens with zero attached hydrogens (tertiary/aromatic N) is 3. The Labute approximate surface area is 211 Å². The number of rotatable bonds is 3. The monoisotopic (exact) mass is 483 g/mol. The molecule has 36 heavy (non-hydrogen) atoms. The second-order valence-electron chi connectivity index (χ2n) is 8.64. The van der Waals surface area contributed by atoms with Crippen LogP contribution in [0, 0.1) is 0 Å². The molecule has 0 aliphatic rings. The van der Waals surface area contributed by atoms with Gasteiger partial charge in [0.2, 0.25) is 5.28 Å². The van der Waals surface area contributed by atoms with E-state index in [4.69, 9.17) is 21.0 Å². The highest BCUT2D eigenvalue weighted by Gasteiger charge is 2.17. The first-order valence-corrected chi connectivity index (χ1v) is 12.0. The second-order valence-corrected chi connectivity index (χ2v) is 8.98. The van der Waals surface area contributed by atoms with Gasteiger partial charge < -0.3 is 4.42 Å². The molecular formula is C31H18ClN3O. The third-order valence-corrected chi connectivity index (χ3v) is 6.66. The van der Waals surface area contributed by atoms with Crippen LogP contribution in [-0.4, -0.2) is 15.0 Å². The second kappa shape index (κ2) is 8.29. The van der Waals surface area contributed by atoms with Crippen molar-refractivity contribution in [2.75, 3.05) is 0 Å². The van der Waals surface area contributed by atoms with Crippen LogP contribution in [0.1, 0.15) is 0 Å². The van der Waals surface area contributed by atoms with Crippen molar-refractivity contribution >= 4 is 44.3 Å². The molecule has 0 amide bonds. The molecule has 0 saturated heterocycles. The molecule has 0 unspecified atom stereocenters. The standard InChI is InChI=1S/C31H18ClN3O/c32-31-34-29(22-15-13-20(14-16-22)19-7-2-1-3-8-19)33-30(35-31)25-12-6-11-24-27-23-10-5-4-9-21(23)17-18-26(27)36-28(24)25/h1-18H. The van der Waals surface area contributed by atoms with Crippen molar-refractivity contribution in [3.63, 3.8) is 0 Å². The van der Waals surface area contributed by atoms with Crippen LogP contribution in [0.15, 0.2) is 114 Å². The maximum Gasteiger partial charge on any atom is 0.226 e. The van der Waals surface area contributed by atoms with Crippen LogP contribution in [0.4, 0.5) is 0 Å². The zero-order valence-electron chi connectivity index (χ0n) is 19.0. The highest BCUT2D eigenvalue weighted by Crippen LogP contribution is 2.38. The van der Waals surface area contributed by atoms with E-state index in [0.29, 0.717) is 11.6 Å². The van der Waals surface area contributed by atoms with E-state index in [1.165, 1.54) is 5.39 Å². The number of furan rings is 1. The minimum Gasteiger partial charge on any atom is -0.455 e. The Morgan fingerprint density at radius 2 is 1.22 bits per heavy atom. The summed E-state index contributed by atoms with van der Waals surface area (Å²) < 4.78 is 6.35. The van der Waals surface area contributed by atoms with Crippen molar-refractivity contribution in [2.24, 2.45) is 0 Å². The van der Waals surface area contributed by atoms with E-state index in [9.17, 15) is 0 Å². The van der Waals surface area contributed by atoms with Crippen molar-refractivity contribution in [3.8, 4) is 33.9 Å². The summed E-state index contributed by atoms with van der Waals surface area (Å²) >= 11 is 6.39. The molecule has 0 aliphatic carbocycles. The molecule has 0 bridgehead atoms. The molecule has 0 aliphatic heterocycles. The Balaban J connectivity index is 1.37. The Morgan fingerprint density at radius 1 is 0.528 bits per heavy atom. The van der Waals surface area contributed by atoms with Gasteiger partial charge in [0.1, 0.15) is 11.2 Å². The summed E-state index contributed by atoms with van der Waals surface area (Å²) in [4.78, 5) is 13.7. The van der Waals surface area contributed by atoms with Gasteiger partial charge in [-0.15, -0.1) is 0 Å². The minimum atomic E-state index is 0.140. The van der Waals surface area contributed by atoms with E-state index >= 15 is 0 Å². The van der Waals surface area contributed by atoms with Crippen molar-refractivity contribution < 1.29 is 4.42 Å². The number of aromatic nitrogens is 3. The molecule has 0 N–H and O–H groups in total. The Hall–Kier alpha value is -4.54. The van der Waals surface area contributed by atoms with E-state index in [-0.39, 0.29) is 5.28 Å². The summed E-state index contributed by atoms with van der Waals surface area (Å²) in [5, 5.41) is 4.56. The minimum absolute atomic E-state index is 0.140. The first-order chi connectivity index (χ1) is 17.7. The maximum absolute atomic E-state index is 6.39. The molecule has 2 aromatic heterocycles. The van der Waals surface area contributed by atoms with Crippen molar-refractivity contribution in [3.05, 3.63) is 114 Å². The van der Waals surface area contributed by atoms with E-state index in [0.717, 1.165) is 49.6 Å². The third-order valence-electron chi connectivity index (χ3n) is 6.49. The number of para-hydroxylation sites is 1. The van der Waals surface area contributed by atoms with Gasteiger partial charge in [0.25, 0.3) is 0 Å². The lowest BCUT2D eigenvalue weighted by atomic mass is 10.0. The summed E-state index contributed by atoms with van der Waals surface area (Å²) in [6, 6.07) is 36.8. The molecule has 2 heterocycles. The molecule has 170 valence electrons. The SMILES string of the molecule is Clc1nc(-c2ccc(-c3ccccc3)cc2)nc(-c2cccc3c2oc2ccc4ccccc4c23)n1. The third kappa shape index (κ3) is 3.43. The predicted molar refractivity (Wildman–Crippen MR) is 146 cm³/mol. The fourth-order valence-electron chi connectivity index (χ4n) is 4.79. The lowest BCUT2D eigenvalue weighted by molar-refractivity contribution is 0.670. The average molecular weight is 484 g/mol. The Bertz CT molecular complexity index is 1890. The van der Waals surface area contributed by atoms with Crippen molar-refractivity contribution in [2.45, 2.75) is 0 Å². The van der Waals surface area contributed by atoms with Crippen LogP contribution >= 0.6 is 11.6 Å². The largest absolute Gasteiger partial charge is 0.455 e. The quantitative estimate of drug-likeness (QED) is 0.252. The number of halogens is 1. The van der Waals surface area contributed by atoms with Crippen LogP contribution in [0.5, 0.6) is 0 Å². The molecule has 4 nitrogen and oxygen atoms in total. The summed E-state index contributed by atoms with van der Waals surface area (Å²) in [6.07, 6.45) is 0. The zero-order chi connectivity index (χ0) is 24.1. The average Bonchev–Trinajstić information content (AvgIpc) is 3.33. The van der Waals surface area contributed by atoms with Gasteiger partial charge in [-0.3, -0.25) is 0 Å². The highest BCUT2D eigenvalue weighted by atomic mass is 35.5. The number of hydrogen-bond acceptors (Lipinski definition) is 4. The molecule has 7 rings (SSSR count). The molecule has 5 heteroatoms. The molecule has 5 aromatic carbocycles. The fourth-order valence-corrected chi connectivity index (χ4v) is 4.95. The molecule has 0 spiro atoms. The first-order valence-electron chi connectivity index (χ1n) is 11.7. The van der Waals surface area contributed by atoms with E-state index < -0.39 is 0 Å². The van der Waals surface area contributed by atoms with E-state index in [1.54, 1.807) is 0 Å². The summed E-state index contributed by atoms with van der Waals surface area (Å²) in [5.74, 6) is 0.995. The molecule has 0 saturated carbocycles. The number of fused-ring (bicyclic) bond motifs is 5. The maximum atomic E-state index is 6.39. The fraction of sp³-hybridized carbons (Fsp3) is 0. The Morgan fingerprint density at radius 3 is 2.08 bits per heavy atom. The predicted octanol–water partition coefficient (Wildman–Crippen LogP) is 8.58. The van der Waals surface area contributed by atoms with Crippen molar-refractivity contribution in [1.82, 2.24) is 15.0 Å². The normalized spacial score (nSPS) is 11.5. The van der Waals surface area contributed by atoms with Gasteiger partial charge in [-0.05, 0) is 45.6 Å². The van der Waals surface area contributed by atoms with Crippen LogP contribution in [0.2, 0.25) is 5.28 Å². The van der Waals surface area contributed by atoms with Crippen LogP contribution < -0.4 is 0 Å². The topological polar surface area (TPSA) is 51.8 Å². The first kappa shape index (κ1) is 20.8. The van der Waals surface area contributed by atoms with Crippen LogP contribution in [-0.2, 0) is 0 Å². The molecule has 0 atom stereocenters. The van der Waals surface area contributed by atoms with Gasteiger partial charge >= 0.3 is 0 Å². The lowest BCUT2D eigenvalue weighted by Crippen LogP contribution is -1.97. The summed E-state index contributed by atoms with van der Waals surface area (Å²) in [5.41, 5.74) is 5.48. The molecule has 0 fully saturated rings. The highest BCUT2D eigenvalue weighted by molar-refractivity contribution is 6.28. The lowest BCUT2D eigenvalue weighted by Gasteiger charge is -2.07. The Kier molecular flexibility index (Phi) is 4.79. The van der Waals surface area contributed by atoms with E-state index in [2.05, 4.69) is 58.5 Å².